The van der Waals surface area contributed by atoms with Crippen LogP contribution in [0.5, 0.6) is 0 Å². The van der Waals surface area contributed by atoms with Crippen LogP contribution < -0.4 is 0 Å². The highest BCUT2D eigenvalue weighted by molar-refractivity contribution is 7.91. The number of sulfonamides is 1. The molecule has 0 saturated carbocycles. The fraction of sp³-hybridized carbons (Fsp3) is 0.273. The van der Waals surface area contributed by atoms with Gasteiger partial charge in [-0.25, -0.2) is 8.42 Å². The average Bonchev–Trinajstić information content (AvgIpc) is 2.96. The van der Waals surface area contributed by atoms with E-state index in [9.17, 15) is 8.42 Å². The second-order valence-corrected chi connectivity index (χ2v) is 8.48. The fourth-order valence-electron chi connectivity index (χ4n) is 1.51. The molecule has 0 N–H and O–H groups in total. The van der Waals surface area contributed by atoms with E-state index in [-0.39, 0.29) is 0 Å². The van der Waals surface area contributed by atoms with Crippen molar-refractivity contribution in [3.8, 4) is 0 Å². The van der Waals surface area contributed by atoms with Crippen LogP contribution in [-0.2, 0) is 16.6 Å². The maximum Gasteiger partial charge on any atom is 0.252 e. The van der Waals surface area contributed by atoms with E-state index < -0.39 is 10.0 Å². The first-order chi connectivity index (χ1) is 8.54. The molecule has 0 aliphatic rings. The molecule has 0 spiro atoms. The van der Waals surface area contributed by atoms with Crippen molar-refractivity contribution in [2.24, 2.45) is 0 Å². The molecule has 0 radical (unpaired) electrons. The molecule has 0 aromatic carbocycles. The average molecular weight is 322 g/mol. The molecule has 0 aliphatic carbocycles. The molecule has 0 aliphatic heterocycles. The Bertz CT molecular complexity index is 604. The van der Waals surface area contributed by atoms with Gasteiger partial charge in [-0.05, 0) is 23.6 Å². The number of hydrogen-bond donors (Lipinski definition) is 0. The Morgan fingerprint density at radius 2 is 2.11 bits per heavy atom. The van der Waals surface area contributed by atoms with Crippen molar-refractivity contribution >= 4 is 44.3 Å². The molecule has 2 rings (SSSR count). The molecule has 2 aromatic heterocycles. The van der Waals surface area contributed by atoms with E-state index in [4.69, 9.17) is 11.6 Å². The molecule has 0 saturated heterocycles. The molecular formula is C11H12ClNO2S3. The van der Waals surface area contributed by atoms with Crippen molar-refractivity contribution < 1.29 is 8.42 Å². The first-order valence-electron chi connectivity index (χ1n) is 5.32. The molecule has 2 aromatic rings. The lowest BCUT2D eigenvalue weighted by Gasteiger charge is -2.18. The fourth-order valence-corrected chi connectivity index (χ4v) is 5.37. The van der Waals surface area contributed by atoms with Gasteiger partial charge in [-0.2, -0.15) is 4.31 Å². The van der Waals surface area contributed by atoms with Gasteiger partial charge in [-0.15, -0.1) is 22.7 Å². The third-order valence-corrected chi connectivity index (χ3v) is 6.89. The third kappa shape index (κ3) is 2.95. The second kappa shape index (κ2) is 5.71. The van der Waals surface area contributed by atoms with Crippen LogP contribution in [0.3, 0.4) is 0 Å². The normalized spacial score (nSPS) is 12.2. The minimum absolute atomic E-state index is 0.297. The zero-order valence-electron chi connectivity index (χ0n) is 9.67. The zero-order valence-corrected chi connectivity index (χ0v) is 12.9. The lowest BCUT2D eigenvalue weighted by Crippen LogP contribution is -2.29. The highest BCUT2D eigenvalue weighted by Gasteiger charge is 2.25. The lowest BCUT2D eigenvalue weighted by atomic mass is 10.4. The summed E-state index contributed by atoms with van der Waals surface area (Å²) >= 11 is 8.44. The van der Waals surface area contributed by atoms with E-state index in [1.54, 1.807) is 23.5 Å². The first-order valence-corrected chi connectivity index (χ1v) is 8.83. The molecule has 18 heavy (non-hydrogen) atoms. The molecule has 0 atom stereocenters. The lowest BCUT2D eigenvalue weighted by molar-refractivity contribution is 0.428. The number of rotatable bonds is 5. The van der Waals surface area contributed by atoms with Gasteiger partial charge in [-0.3, -0.25) is 0 Å². The Labute approximate surface area is 120 Å². The third-order valence-electron chi connectivity index (χ3n) is 2.41. The molecule has 7 heteroatoms. The number of nitrogens with zero attached hydrogens (tertiary/aromatic N) is 1. The summed E-state index contributed by atoms with van der Waals surface area (Å²) in [4.78, 5) is 1.03. The Morgan fingerprint density at radius 1 is 1.33 bits per heavy atom. The van der Waals surface area contributed by atoms with E-state index in [0.717, 1.165) is 16.2 Å². The summed E-state index contributed by atoms with van der Waals surface area (Å²) in [5.41, 5.74) is 0. The Hall–Kier alpha value is -0.400. The van der Waals surface area contributed by atoms with Gasteiger partial charge in [0.1, 0.15) is 4.21 Å². The molecule has 98 valence electrons. The summed E-state index contributed by atoms with van der Waals surface area (Å²) in [7, 11) is -3.43. The maximum absolute atomic E-state index is 12.4. The van der Waals surface area contributed by atoms with Crippen molar-refractivity contribution in [2.45, 2.75) is 17.7 Å². The van der Waals surface area contributed by atoms with Crippen molar-refractivity contribution in [1.82, 2.24) is 4.31 Å². The highest BCUT2D eigenvalue weighted by atomic mass is 35.5. The van der Waals surface area contributed by atoms with Crippen LogP contribution in [0.4, 0.5) is 0 Å². The van der Waals surface area contributed by atoms with Crippen LogP contribution in [-0.4, -0.2) is 19.3 Å². The van der Waals surface area contributed by atoms with Crippen molar-refractivity contribution in [2.75, 3.05) is 6.54 Å². The largest absolute Gasteiger partial charge is 0.252 e. The van der Waals surface area contributed by atoms with Crippen LogP contribution in [0.2, 0.25) is 4.34 Å². The second-order valence-electron chi connectivity index (χ2n) is 3.57. The SMILES string of the molecule is CCN(Cc1cccs1)S(=O)(=O)c1ccc(Cl)s1. The molecule has 3 nitrogen and oxygen atoms in total. The van der Waals surface area contributed by atoms with Gasteiger partial charge in [0.05, 0.1) is 4.34 Å². The van der Waals surface area contributed by atoms with E-state index in [0.29, 0.717) is 21.6 Å². The summed E-state index contributed by atoms with van der Waals surface area (Å²) < 4.78 is 27.0. The minimum atomic E-state index is -3.43. The molecule has 0 unspecified atom stereocenters. The summed E-state index contributed by atoms with van der Waals surface area (Å²) in [6.45, 7) is 2.68. The quantitative estimate of drug-likeness (QED) is 0.842. The van der Waals surface area contributed by atoms with Gasteiger partial charge in [0, 0.05) is 18.0 Å². The minimum Gasteiger partial charge on any atom is -0.206 e. The Balaban J connectivity index is 2.26. The van der Waals surface area contributed by atoms with Gasteiger partial charge < -0.3 is 0 Å². The molecule has 2 heterocycles. The predicted octanol–water partition coefficient (Wildman–Crippen LogP) is 3.67. The highest BCUT2D eigenvalue weighted by Crippen LogP contribution is 2.29. The van der Waals surface area contributed by atoms with Crippen LogP contribution in [0, 0.1) is 0 Å². The van der Waals surface area contributed by atoms with Gasteiger partial charge in [0.25, 0.3) is 10.0 Å². The van der Waals surface area contributed by atoms with Crippen LogP contribution >= 0.6 is 34.3 Å². The van der Waals surface area contributed by atoms with Crippen molar-refractivity contribution in [3.63, 3.8) is 0 Å². The summed E-state index contributed by atoms with van der Waals surface area (Å²) in [5, 5.41) is 1.94. The van der Waals surface area contributed by atoms with Crippen LogP contribution in [0.1, 0.15) is 11.8 Å². The maximum atomic E-state index is 12.4. The van der Waals surface area contributed by atoms with E-state index in [1.807, 2.05) is 24.4 Å². The number of hydrogen-bond acceptors (Lipinski definition) is 4. The summed E-state index contributed by atoms with van der Waals surface area (Å²) in [6.07, 6.45) is 0. The number of halogens is 1. The van der Waals surface area contributed by atoms with E-state index in [1.165, 1.54) is 4.31 Å². The predicted molar refractivity (Wildman–Crippen MR) is 76.9 cm³/mol. The zero-order chi connectivity index (χ0) is 13.2. The van der Waals surface area contributed by atoms with E-state index >= 15 is 0 Å². The van der Waals surface area contributed by atoms with Gasteiger partial charge in [0.2, 0.25) is 0 Å². The number of thiophene rings is 2. The first kappa shape index (κ1) is 14.0. The molecule has 0 bridgehead atoms. The Morgan fingerprint density at radius 3 is 2.61 bits per heavy atom. The molecule has 0 amide bonds. The van der Waals surface area contributed by atoms with Gasteiger partial charge in [-0.1, -0.05) is 24.6 Å². The summed E-state index contributed by atoms with van der Waals surface area (Å²) in [5.74, 6) is 0. The van der Waals surface area contributed by atoms with Crippen LogP contribution in [0.25, 0.3) is 0 Å². The smallest absolute Gasteiger partial charge is 0.206 e. The standard InChI is InChI=1S/C11H12ClNO2S3/c1-2-13(8-9-4-3-7-16-9)18(14,15)11-6-5-10(12)17-11/h3-7H,2,8H2,1H3. The molecular weight excluding hydrogens is 310 g/mol. The van der Waals surface area contributed by atoms with Gasteiger partial charge in [0.15, 0.2) is 0 Å². The van der Waals surface area contributed by atoms with Gasteiger partial charge >= 0.3 is 0 Å². The molecule has 0 fully saturated rings. The topological polar surface area (TPSA) is 37.4 Å². The van der Waals surface area contributed by atoms with Crippen LogP contribution in [0.15, 0.2) is 33.9 Å². The Kier molecular flexibility index (Phi) is 4.45. The van der Waals surface area contributed by atoms with Crippen molar-refractivity contribution in [1.29, 1.82) is 0 Å². The monoisotopic (exact) mass is 321 g/mol. The summed E-state index contributed by atoms with van der Waals surface area (Å²) in [6, 6.07) is 7.02. The van der Waals surface area contributed by atoms with Crippen molar-refractivity contribution in [3.05, 3.63) is 38.9 Å². The van der Waals surface area contributed by atoms with E-state index in [2.05, 4.69) is 0 Å².